The van der Waals surface area contributed by atoms with Gasteiger partial charge in [-0.1, -0.05) is 0 Å². The molecule has 1 unspecified atom stereocenters. The Hall–Kier alpha value is -1.82. The summed E-state index contributed by atoms with van der Waals surface area (Å²) in [6, 6.07) is 2.50. The zero-order valence-electron chi connectivity index (χ0n) is 8.55. The van der Waals surface area contributed by atoms with Gasteiger partial charge in [-0.3, -0.25) is 9.59 Å². The van der Waals surface area contributed by atoms with Crippen LogP contribution in [0.25, 0.3) is 0 Å². The van der Waals surface area contributed by atoms with Crippen molar-refractivity contribution in [3.63, 3.8) is 0 Å². The second-order valence-corrected chi connectivity index (χ2v) is 3.57. The minimum Gasteiger partial charge on any atom is -0.480 e. The number of aliphatic carboxylic acids is 1. The number of carbonyl (C=O) groups is 2. The van der Waals surface area contributed by atoms with Gasteiger partial charge in [0.15, 0.2) is 5.76 Å². The van der Waals surface area contributed by atoms with E-state index in [0.29, 0.717) is 13.1 Å². The molecule has 0 aliphatic carbocycles. The van der Waals surface area contributed by atoms with E-state index >= 15 is 0 Å². The van der Waals surface area contributed by atoms with Crippen LogP contribution in [0.5, 0.6) is 0 Å². The van der Waals surface area contributed by atoms with E-state index in [0.717, 1.165) is 0 Å². The largest absolute Gasteiger partial charge is 0.480 e. The number of hydrogen-bond donors (Lipinski definition) is 2. The monoisotopic (exact) mass is 224 g/mol. The summed E-state index contributed by atoms with van der Waals surface area (Å²) < 4.78 is 4.99. The third kappa shape index (κ3) is 2.06. The first-order valence-corrected chi connectivity index (χ1v) is 4.97. The van der Waals surface area contributed by atoms with E-state index in [4.69, 9.17) is 9.52 Å². The molecule has 0 radical (unpaired) electrons. The average Bonchev–Trinajstić information content (AvgIpc) is 2.81. The normalized spacial score (nSPS) is 20.8. The predicted octanol–water partition coefficient (Wildman–Crippen LogP) is -0.222. The van der Waals surface area contributed by atoms with Crippen LogP contribution in [0.4, 0.5) is 0 Å². The number of piperazine rings is 1. The minimum absolute atomic E-state index is 0.162. The van der Waals surface area contributed by atoms with Crippen molar-refractivity contribution in [2.24, 2.45) is 0 Å². The summed E-state index contributed by atoms with van der Waals surface area (Å²) in [5.74, 6) is -0.972. The van der Waals surface area contributed by atoms with Crippen molar-refractivity contribution < 1.29 is 19.1 Å². The van der Waals surface area contributed by atoms with Gasteiger partial charge in [0.05, 0.1) is 6.26 Å². The second-order valence-electron chi connectivity index (χ2n) is 3.57. The Morgan fingerprint density at radius 3 is 3.00 bits per heavy atom. The molecule has 6 heteroatoms. The average molecular weight is 224 g/mol. The number of carboxylic acid groups (broad SMARTS) is 1. The molecule has 2 rings (SSSR count). The molecule has 1 amide bonds. The molecule has 1 aliphatic rings. The first-order chi connectivity index (χ1) is 7.68. The highest BCUT2D eigenvalue weighted by Gasteiger charge is 2.29. The van der Waals surface area contributed by atoms with Gasteiger partial charge in [-0.2, -0.15) is 0 Å². The maximum absolute atomic E-state index is 11.8. The Labute approximate surface area is 91.8 Å². The van der Waals surface area contributed by atoms with Gasteiger partial charge in [0.1, 0.15) is 6.04 Å². The van der Waals surface area contributed by atoms with E-state index in [9.17, 15) is 9.59 Å². The number of furan rings is 1. The van der Waals surface area contributed by atoms with Crippen molar-refractivity contribution in [3.8, 4) is 0 Å². The van der Waals surface area contributed by atoms with Gasteiger partial charge in [-0.25, -0.2) is 0 Å². The lowest BCUT2D eigenvalue weighted by atomic mass is 10.2. The van der Waals surface area contributed by atoms with Gasteiger partial charge in [-0.05, 0) is 12.1 Å². The molecule has 1 aromatic rings. The Balaban J connectivity index is 2.05. The molecular weight excluding hydrogens is 212 g/mol. The Morgan fingerprint density at radius 2 is 2.38 bits per heavy atom. The fourth-order valence-electron chi connectivity index (χ4n) is 1.66. The lowest BCUT2D eigenvalue weighted by Gasteiger charge is -2.30. The van der Waals surface area contributed by atoms with Crippen molar-refractivity contribution in [3.05, 3.63) is 24.2 Å². The summed E-state index contributed by atoms with van der Waals surface area (Å²) in [4.78, 5) is 24.1. The third-order valence-electron chi connectivity index (χ3n) is 2.49. The molecule has 86 valence electrons. The van der Waals surface area contributed by atoms with Crippen molar-refractivity contribution in [2.45, 2.75) is 6.04 Å². The molecule has 0 spiro atoms. The van der Waals surface area contributed by atoms with Crippen molar-refractivity contribution in [1.29, 1.82) is 0 Å². The molecule has 1 atom stereocenters. The molecule has 1 fully saturated rings. The quantitative estimate of drug-likeness (QED) is 0.725. The van der Waals surface area contributed by atoms with Gasteiger partial charge in [-0.15, -0.1) is 0 Å². The van der Waals surface area contributed by atoms with Crippen LogP contribution in [0.15, 0.2) is 22.8 Å². The van der Waals surface area contributed by atoms with Gasteiger partial charge < -0.3 is 19.7 Å². The van der Waals surface area contributed by atoms with E-state index < -0.39 is 12.0 Å². The summed E-state index contributed by atoms with van der Waals surface area (Å²) >= 11 is 0. The highest BCUT2D eigenvalue weighted by atomic mass is 16.4. The van der Waals surface area contributed by atoms with Crippen LogP contribution in [0.2, 0.25) is 0 Å². The van der Waals surface area contributed by atoms with E-state index in [2.05, 4.69) is 5.32 Å². The van der Waals surface area contributed by atoms with E-state index in [1.165, 1.54) is 11.2 Å². The summed E-state index contributed by atoms with van der Waals surface area (Å²) in [6.07, 6.45) is 1.42. The smallest absolute Gasteiger partial charge is 0.322 e. The first-order valence-electron chi connectivity index (χ1n) is 4.97. The molecule has 0 saturated carbocycles. The predicted molar refractivity (Wildman–Crippen MR) is 54.0 cm³/mol. The zero-order valence-corrected chi connectivity index (χ0v) is 8.55. The standard InChI is InChI=1S/C10H12N2O4/c13-9(8-2-1-5-16-8)12-4-3-11-7(6-12)10(14)15/h1-2,5,7,11H,3-4,6H2,(H,14,15). The van der Waals surface area contributed by atoms with Crippen LogP contribution < -0.4 is 5.32 Å². The van der Waals surface area contributed by atoms with Crippen LogP contribution in [0.1, 0.15) is 10.6 Å². The number of nitrogens with zero attached hydrogens (tertiary/aromatic N) is 1. The van der Waals surface area contributed by atoms with Crippen LogP contribution in [-0.4, -0.2) is 47.6 Å². The lowest BCUT2D eigenvalue weighted by molar-refractivity contribution is -0.140. The Kier molecular flexibility index (Phi) is 2.91. The summed E-state index contributed by atoms with van der Waals surface area (Å²) in [5.41, 5.74) is 0. The Morgan fingerprint density at radius 1 is 1.56 bits per heavy atom. The number of rotatable bonds is 2. The van der Waals surface area contributed by atoms with E-state index in [1.807, 2.05) is 0 Å². The van der Waals surface area contributed by atoms with E-state index in [1.54, 1.807) is 12.1 Å². The summed E-state index contributed by atoms with van der Waals surface area (Å²) in [6.45, 7) is 1.13. The third-order valence-corrected chi connectivity index (χ3v) is 2.49. The van der Waals surface area contributed by atoms with Crippen molar-refractivity contribution >= 4 is 11.9 Å². The highest BCUT2D eigenvalue weighted by Crippen LogP contribution is 2.08. The van der Waals surface area contributed by atoms with Crippen LogP contribution in [-0.2, 0) is 4.79 Å². The zero-order chi connectivity index (χ0) is 11.5. The number of amides is 1. The van der Waals surface area contributed by atoms with Gasteiger partial charge in [0.25, 0.3) is 5.91 Å². The fraction of sp³-hybridized carbons (Fsp3) is 0.400. The molecule has 2 heterocycles. The van der Waals surface area contributed by atoms with Gasteiger partial charge in [0, 0.05) is 19.6 Å². The molecule has 6 nitrogen and oxygen atoms in total. The van der Waals surface area contributed by atoms with Crippen LogP contribution in [0, 0.1) is 0 Å². The van der Waals surface area contributed by atoms with Crippen molar-refractivity contribution in [2.75, 3.05) is 19.6 Å². The molecule has 16 heavy (non-hydrogen) atoms. The maximum Gasteiger partial charge on any atom is 0.322 e. The maximum atomic E-state index is 11.8. The van der Waals surface area contributed by atoms with Crippen LogP contribution in [0.3, 0.4) is 0 Å². The van der Waals surface area contributed by atoms with Crippen LogP contribution >= 0.6 is 0 Å². The number of carboxylic acids is 1. The minimum atomic E-state index is -0.947. The summed E-state index contributed by atoms with van der Waals surface area (Å²) in [5, 5.41) is 11.7. The fourth-order valence-corrected chi connectivity index (χ4v) is 1.66. The highest BCUT2D eigenvalue weighted by molar-refractivity contribution is 5.92. The molecular formula is C10H12N2O4. The molecule has 0 bridgehead atoms. The molecule has 1 saturated heterocycles. The SMILES string of the molecule is O=C(O)C1CN(C(=O)c2ccco2)CCN1. The number of carbonyl (C=O) groups excluding carboxylic acids is 1. The van der Waals surface area contributed by atoms with Crippen molar-refractivity contribution in [1.82, 2.24) is 10.2 Å². The van der Waals surface area contributed by atoms with Gasteiger partial charge in [0.2, 0.25) is 0 Å². The summed E-state index contributed by atoms with van der Waals surface area (Å²) in [7, 11) is 0. The second kappa shape index (κ2) is 4.36. The molecule has 2 N–H and O–H groups in total. The van der Waals surface area contributed by atoms with Gasteiger partial charge >= 0.3 is 5.97 Å². The first kappa shape index (κ1) is 10.7. The topological polar surface area (TPSA) is 82.8 Å². The molecule has 1 aliphatic heterocycles. The number of nitrogens with one attached hydrogen (secondary N) is 1. The Bertz CT molecular complexity index is 388. The molecule has 1 aromatic heterocycles. The molecule has 0 aromatic carbocycles. The van der Waals surface area contributed by atoms with E-state index in [-0.39, 0.29) is 18.2 Å². The number of hydrogen-bond acceptors (Lipinski definition) is 4. The lowest BCUT2D eigenvalue weighted by Crippen LogP contribution is -2.55.